The first-order valence-electron chi connectivity index (χ1n) is 4.02. The van der Waals surface area contributed by atoms with Gasteiger partial charge in [0.25, 0.3) is 0 Å². The number of hydrogen-bond acceptors (Lipinski definition) is 4. The van der Waals surface area contributed by atoms with Crippen molar-refractivity contribution in [2.45, 2.75) is 11.8 Å². The van der Waals surface area contributed by atoms with Crippen molar-refractivity contribution < 1.29 is 13.2 Å². The Morgan fingerprint density at radius 1 is 1.47 bits per heavy atom. The Labute approximate surface area is 88.1 Å². The fraction of sp³-hybridized carbons (Fsp3) is 0.222. The Balaban J connectivity index is 3.61. The second-order valence-electron chi connectivity index (χ2n) is 2.92. The van der Waals surface area contributed by atoms with Crippen molar-refractivity contribution in [1.82, 2.24) is 0 Å². The summed E-state index contributed by atoms with van der Waals surface area (Å²) in [5, 5.41) is 13.8. The number of nitrogens with two attached hydrogens (primary N) is 1. The van der Waals surface area contributed by atoms with Gasteiger partial charge in [-0.05, 0) is 19.1 Å². The van der Waals surface area contributed by atoms with E-state index in [9.17, 15) is 8.42 Å². The molecule has 0 spiro atoms. The first-order chi connectivity index (χ1) is 6.91. The fourth-order valence-corrected chi connectivity index (χ4v) is 2.01. The molecule has 0 bridgehead atoms. The van der Waals surface area contributed by atoms with Crippen LogP contribution >= 0.6 is 0 Å². The molecule has 15 heavy (non-hydrogen) atoms. The van der Waals surface area contributed by atoms with Gasteiger partial charge in [0.2, 0.25) is 10.0 Å². The summed E-state index contributed by atoms with van der Waals surface area (Å²) in [4.78, 5) is -0.177. The summed E-state index contributed by atoms with van der Waals surface area (Å²) in [6.07, 6.45) is 0. The summed E-state index contributed by atoms with van der Waals surface area (Å²) < 4.78 is 27.3. The lowest BCUT2D eigenvalue weighted by molar-refractivity contribution is 0.411. The van der Waals surface area contributed by atoms with Crippen molar-refractivity contribution in [3.05, 3.63) is 23.3 Å². The first kappa shape index (κ1) is 11.5. The van der Waals surface area contributed by atoms with Gasteiger partial charge in [0.05, 0.1) is 12.7 Å². The second-order valence-corrected chi connectivity index (χ2v) is 4.45. The van der Waals surface area contributed by atoms with E-state index in [1.807, 2.05) is 0 Å². The SMILES string of the molecule is COc1ccc(S(N)(=O)=O)c(C#N)c1C. The van der Waals surface area contributed by atoms with Crippen LogP contribution in [-0.2, 0) is 10.0 Å². The minimum atomic E-state index is -3.87. The number of nitrogens with zero attached hydrogens (tertiary/aromatic N) is 1. The zero-order chi connectivity index (χ0) is 11.6. The number of primary sulfonamides is 1. The van der Waals surface area contributed by atoms with Crippen LogP contribution in [0.4, 0.5) is 0 Å². The summed E-state index contributed by atoms with van der Waals surface area (Å²) in [5.41, 5.74) is 0.489. The van der Waals surface area contributed by atoms with Crippen molar-refractivity contribution in [2.75, 3.05) is 7.11 Å². The molecule has 0 radical (unpaired) electrons. The molecule has 0 aromatic heterocycles. The maximum atomic E-state index is 11.2. The highest BCUT2D eigenvalue weighted by Crippen LogP contribution is 2.26. The maximum Gasteiger partial charge on any atom is 0.239 e. The molecular weight excluding hydrogens is 216 g/mol. The zero-order valence-electron chi connectivity index (χ0n) is 8.31. The van der Waals surface area contributed by atoms with E-state index >= 15 is 0 Å². The van der Waals surface area contributed by atoms with Gasteiger partial charge in [-0.2, -0.15) is 5.26 Å². The summed E-state index contributed by atoms with van der Waals surface area (Å²) in [7, 11) is -2.43. The van der Waals surface area contributed by atoms with Crippen LogP contribution < -0.4 is 9.88 Å². The molecule has 0 saturated heterocycles. The summed E-state index contributed by atoms with van der Waals surface area (Å²) in [6, 6.07) is 4.54. The Morgan fingerprint density at radius 3 is 2.47 bits per heavy atom. The lowest BCUT2D eigenvalue weighted by atomic mass is 10.1. The van der Waals surface area contributed by atoms with E-state index in [-0.39, 0.29) is 10.5 Å². The van der Waals surface area contributed by atoms with Gasteiger partial charge in [-0.25, -0.2) is 13.6 Å². The molecule has 5 nitrogen and oxygen atoms in total. The number of ether oxygens (including phenoxy) is 1. The molecule has 80 valence electrons. The predicted octanol–water partition coefficient (Wildman–Crippen LogP) is 0.523. The minimum Gasteiger partial charge on any atom is -0.496 e. The minimum absolute atomic E-state index is 0.0249. The third-order valence-electron chi connectivity index (χ3n) is 2.02. The molecule has 0 saturated carbocycles. The molecule has 1 aromatic rings. The first-order valence-corrected chi connectivity index (χ1v) is 5.57. The normalized spacial score (nSPS) is 10.8. The summed E-state index contributed by atoms with van der Waals surface area (Å²) >= 11 is 0. The highest BCUT2D eigenvalue weighted by Gasteiger charge is 2.17. The van der Waals surface area contributed by atoms with E-state index < -0.39 is 10.0 Å². The molecular formula is C9H10N2O3S. The van der Waals surface area contributed by atoms with Crippen LogP contribution in [0.5, 0.6) is 5.75 Å². The Hall–Kier alpha value is -1.58. The molecule has 1 aromatic carbocycles. The van der Waals surface area contributed by atoms with Crippen molar-refractivity contribution in [1.29, 1.82) is 5.26 Å². The van der Waals surface area contributed by atoms with Crippen LogP contribution in [-0.4, -0.2) is 15.5 Å². The predicted molar refractivity (Wildman–Crippen MR) is 53.8 cm³/mol. The zero-order valence-corrected chi connectivity index (χ0v) is 9.13. The standard InChI is InChI=1S/C9H10N2O3S/c1-6-7(5-10)9(15(11,12)13)4-3-8(6)14-2/h3-4H,1-2H3,(H2,11,12,13). The molecule has 0 amide bonds. The maximum absolute atomic E-state index is 11.2. The molecule has 0 fully saturated rings. The number of rotatable bonds is 2. The van der Waals surface area contributed by atoms with Crippen LogP contribution in [0.1, 0.15) is 11.1 Å². The number of benzene rings is 1. The van der Waals surface area contributed by atoms with Gasteiger partial charge in [-0.1, -0.05) is 0 Å². The molecule has 0 aliphatic heterocycles. The average molecular weight is 226 g/mol. The van der Waals surface area contributed by atoms with Gasteiger partial charge in [-0.15, -0.1) is 0 Å². The molecule has 0 aliphatic rings. The molecule has 0 atom stereocenters. The quantitative estimate of drug-likeness (QED) is 0.795. The van der Waals surface area contributed by atoms with Crippen LogP contribution in [0, 0.1) is 18.3 Å². The third kappa shape index (κ3) is 2.09. The summed E-state index contributed by atoms with van der Waals surface area (Å²) in [5.74, 6) is 0.457. The number of methoxy groups -OCH3 is 1. The van der Waals surface area contributed by atoms with E-state index in [1.54, 1.807) is 13.0 Å². The Bertz CT molecular complexity index is 529. The van der Waals surface area contributed by atoms with E-state index in [0.29, 0.717) is 11.3 Å². The van der Waals surface area contributed by atoms with Crippen LogP contribution in [0.15, 0.2) is 17.0 Å². The number of sulfonamides is 1. The number of hydrogen-bond donors (Lipinski definition) is 1. The van der Waals surface area contributed by atoms with Gasteiger partial charge >= 0.3 is 0 Å². The van der Waals surface area contributed by atoms with Gasteiger partial charge in [0.1, 0.15) is 16.7 Å². The monoisotopic (exact) mass is 226 g/mol. The lowest BCUT2D eigenvalue weighted by Crippen LogP contribution is -2.14. The summed E-state index contributed by atoms with van der Waals surface area (Å²) in [6.45, 7) is 1.60. The highest BCUT2D eigenvalue weighted by molar-refractivity contribution is 7.89. The molecule has 1 rings (SSSR count). The molecule has 6 heteroatoms. The Kier molecular flexibility index (Phi) is 2.98. The van der Waals surface area contributed by atoms with Crippen LogP contribution in [0.2, 0.25) is 0 Å². The fourth-order valence-electron chi connectivity index (χ4n) is 1.26. The second kappa shape index (κ2) is 3.88. The van der Waals surface area contributed by atoms with Crippen molar-refractivity contribution in [3.63, 3.8) is 0 Å². The van der Waals surface area contributed by atoms with Gasteiger partial charge in [-0.3, -0.25) is 0 Å². The van der Waals surface area contributed by atoms with E-state index in [0.717, 1.165) is 0 Å². The topological polar surface area (TPSA) is 93.2 Å². The lowest BCUT2D eigenvalue weighted by Gasteiger charge is -2.08. The van der Waals surface area contributed by atoms with Crippen molar-refractivity contribution in [3.8, 4) is 11.8 Å². The third-order valence-corrected chi connectivity index (χ3v) is 2.97. The Morgan fingerprint density at radius 2 is 2.07 bits per heavy atom. The van der Waals surface area contributed by atoms with Crippen LogP contribution in [0.25, 0.3) is 0 Å². The molecule has 0 heterocycles. The van der Waals surface area contributed by atoms with E-state index in [1.165, 1.54) is 19.2 Å². The molecule has 0 unspecified atom stereocenters. The van der Waals surface area contributed by atoms with Crippen LogP contribution in [0.3, 0.4) is 0 Å². The van der Waals surface area contributed by atoms with E-state index in [2.05, 4.69) is 0 Å². The van der Waals surface area contributed by atoms with Crippen molar-refractivity contribution >= 4 is 10.0 Å². The number of nitriles is 1. The largest absolute Gasteiger partial charge is 0.496 e. The van der Waals surface area contributed by atoms with Gasteiger partial charge in [0, 0.05) is 5.56 Å². The average Bonchev–Trinajstić information content (AvgIpc) is 2.15. The molecule has 0 aliphatic carbocycles. The van der Waals surface area contributed by atoms with Gasteiger partial charge < -0.3 is 4.74 Å². The van der Waals surface area contributed by atoms with E-state index in [4.69, 9.17) is 15.1 Å². The highest BCUT2D eigenvalue weighted by atomic mass is 32.2. The van der Waals surface area contributed by atoms with Crippen molar-refractivity contribution in [2.24, 2.45) is 5.14 Å². The molecule has 2 N–H and O–H groups in total. The van der Waals surface area contributed by atoms with Gasteiger partial charge in [0.15, 0.2) is 0 Å². The smallest absolute Gasteiger partial charge is 0.239 e.